The summed E-state index contributed by atoms with van der Waals surface area (Å²) in [6.07, 6.45) is 0.120. The Labute approximate surface area is 191 Å². The average molecular weight is 471 g/mol. The summed E-state index contributed by atoms with van der Waals surface area (Å²) in [7, 11) is -6.55. The molecule has 5 nitrogen and oxygen atoms in total. The van der Waals surface area contributed by atoms with Crippen LogP contribution in [0, 0.1) is 0 Å². The fourth-order valence-corrected chi connectivity index (χ4v) is 8.44. The maximum Gasteiger partial charge on any atom is 0.333 e. The third-order valence-electron chi connectivity index (χ3n) is 4.55. The molecule has 7 heteroatoms. The Morgan fingerprint density at radius 1 is 0.781 bits per heavy atom. The number of ether oxygens (including phenoxy) is 1. The second-order valence-electron chi connectivity index (χ2n) is 7.09. The zero-order valence-electron chi connectivity index (χ0n) is 17.8. The fraction of sp³-hybridized carbons (Fsp3) is 0.160. The van der Waals surface area contributed by atoms with Gasteiger partial charge in [-0.1, -0.05) is 61.2 Å². The van der Waals surface area contributed by atoms with Crippen LogP contribution in [0.5, 0.6) is 0 Å². The quantitative estimate of drug-likeness (QED) is 0.215. The molecule has 32 heavy (non-hydrogen) atoms. The molecule has 0 aliphatic carbocycles. The van der Waals surface area contributed by atoms with Crippen molar-refractivity contribution in [2.24, 2.45) is 0 Å². The van der Waals surface area contributed by atoms with E-state index in [0.717, 1.165) is 14.7 Å². The van der Waals surface area contributed by atoms with E-state index in [1.165, 1.54) is 0 Å². The maximum absolute atomic E-state index is 13.2. The first kappa shape index (κ1) is 23.8. The van der Waals surface area contributed by atoms with Gasteiger partial charge in [-0.25, -0.2) is 8.42 Å². The monoisotopic (exact) mass is 470 g/mol. The standard InChI is InChI=1S/C25H26O5S2/c1-21(2)25(26)29-19-12-20-31(27,28)30-32(22-13-6-3-7-14-22,23-15-8-4-9-16-23)24-17-10-5-11-18-24/h3-11,13-18H,1,12,19-20H2,2H3. The van der Waals surface area contributed by atoms with Crippen LogP contribution in [0.15, 0.2) is 118 Å². The van der Waals surface area contributed by atoms with E-state index in [9.17, 15) is 13.2 Å². The van der Waals surface area contributed by atoms with E-state index < -0.39 is 26.4 Å². The summed E-state index contributed by atoms with van der Waals surface area (Å²) in [5.41, 5.74) is 0.268. The van der Waals surface area contributed by atoms with Gasteiger partial charge in [0.05, 0.1) is 12.4 Å². The summed E-state index contributed by atoms with van der Waals surface area (Å²) in [5, 5.41) is 0. The van der Waals surface area contributed by atoms with Gasteiger partial charge in [0.1, 0.15) is 0 Å². The molecule has 0 amide bonds. The van der Waals surface area contributed by atoms with Gasteiger partial charge in [-0.3, -0.25) is 0 Å². The van der Waals surface area contributed by atoms with Crippen molar-refractivity contribution in [3.8, 4) is 0 Å². The molecule has 0 bridgehead atoms. The highest BCUT2D eigenvalue weighted by atomic mass is 32.3. The highest BCUT2D eigenvalue weighted by molar-refractivity contribution is 8.33. The van der Waals surface area contributed by atoms with Crippen LogP contribution in [-0.4, -0.2) is 26.7 Å². The van der Waals surface area contributed by atoms with Crippen molar-refractivity contribution in [3.63, 3.8) is 0 Å². The third-order valence-corrected chi connectivity index (χ3v) is 9.79. The van der Waals surface area contributed by atoms with Gasteiger partial charge >= 0.3 is 5.97 Å². The normalized spacial score (nSPS) is 12.2. The van der Waals surface area contributed by atoms with Crippen LogP contribution in [-0.2, 0) is 23.3 Å². The number of hydrogen-bond acceptors (Lipinski definition) is 5. The molecule has 0 aromatic heterocycles. The Hall–Kier alpha value is -2.87. The van der Waals surface area contributed by atoms with Gasteiger partial charge in [0, 0.05) is 20.3 Å². The molecule has 0 radical (unpaired) electrons. The Kier molecular flexibility index (Phi) is 7.90. The molecule has 0 unspecified atom stereocenters. The minimum Gasteiger partial charge on any atom is -0.462 e. The molecule has 0 aliphatic heterocycles. The molecular formula is C25H26O5S2. The van der Waals surface area contributed by atoms with Crippen LogP contribution >= 0.6 is 10.3 Å². The lowest BCUT2D eigenvalue weighted by Gasteiger charge is -2.39. The summed E-state index contributed by atoms with van der Waals surface area (Å²) in [5.74, 6) is -0.821. The number of hydrogen-bond donors (Lipinski definition) is 0. The molecule has 0 N–H and O–H groups in total. The van der Waals surface area contributed by atoms with Crippen molar-refractivity contribution in [2.75, 3.05) is 12.4 Å². The zero-order chi connectivity index (χ0) is 23.0. The summed E-state index contributed by atoms with van der Waals surface area (Å²) in [6.45, 7) is 5.03. The van der Waals surface area contributed by atoms with E-state index in [1.807, 2.05) is 91.0 Å². The minimum absolute atomic E-state index is 0.0291. The Balaban J connectivity index is 2.00. The van der Waals surface area contributed by atoms with E-state index in [1.54, 1.807) is 6.92 Å². The van der Waals surface area contributed by atoms with Crippen molar-refractivity contribution in [2.45, 2.75) is 28.0 Å². The lowest BCUT2D eigenvalue weighted by molar-refractivity contribution is -0.138. The van der Waals surface area contributed by atoms with E-state index in [2.05, 4.69) is 6.58 Å². The number of carbonyl (C=O) groups excluding carboxylic acids is 1. The van der Waals surface area contributed by atoms with Crippen LogP contribution in [0.3, 0.4) is 0 Å². The summed E-state index contributed by atoms with van der Waals surface area (Å²) >= 11 is 0. The molecule has 0 spiro atoms. The van der Waals surface area contributed by atoms with Gasteiger partial charge in [0.2, 0.25) is 0 Å². The van der Waals surface area contributed by atoms with Crippen molar-refractivity contribution < 1.29 is 21.6 Å². The molecule has 0 fully saturated rings. The Morgan fingerprint density at radius 2 is 1.19 bits per heavy atom. The van der Waals surface area contributed by atoms with E-state index in [4.69, 9.17) is 8.37 Å². The topological polar surface area (TPSA) is 69.7 Å². The van der Waals surface area contributed by atoms with E-state index in [-0.39, 0.29) is 24.4 Å². The van der Waals surface area contributed by atoms with Gasteiger partial charge in [0.15, 0.2) is 0 Å². The number of rotatable bonds is 10. The van der Waals surface area contributed by atoms with Crippen LogP contribution < -0.4 is 0 Å². The first-order valence-corrected chi connectivity index (χ1v) is 13.2. The summed E-state index contributed by atoms with van der Waals surface area (Å²) < 4.78 is 37.5. The SMILES string of the molecule is C=C(C)C(=O)OCCCS(=O)(=O)OS(c1ccccc1)(c1ccccc1)c1ccccc1. The van der Waals surface area contributed by atoms with Crippen LogP contribution in [0.25, 0.3) is 0 Å². The van der Waals surface area contributed by atoms with E-state index in [0.29, 0.717) is 0 Å². The van der Waals surface area contributed by atoms with Gasteiger partial charge in [0.25, 0.3) is 10.1 Å². The highest BCUT2D eigenvalue weighted by Gasteiger charge is 2.37. The first-order chi connectivity index (χ1) is 15.3. The summed E-state index contributed by atoms with van der Waals surface area (Å²) in [6, 6.07) is 28.2. The van der Waals surface area contributed by atoms with Gasteiger partial charge < -0.3 is 4.74 Å². The van der Waals surface area contributed by atoms with Crippen molar-refractivity contribution in [1.29, 1.82) is 0 Å². The smallest absolute Gasteiger partial charge is 0.333 e. The van der Waals surface area contributed by atoms with Crippen LogP contribution in [0.4, 0.5) is 0 Å². The van der Waals surface area contributed by atoms with Gasteiger partial charge in [-0.2, -0.15) is 8.42 Å². The second kappa shape index (κ2) is 10.6. The average Bonchev–Trinajstić information content (AvgIpc) is 2.82. The lowest BCUT2D eigenvalue weighted by Crippen LogP contribution is -2.18. The molecule has 0 saturated heterocycles. The molecule has 168 valence electrons. The molecule has 0 aliphatic rings. The highest BCUT2D eigenvalue weighted by Crippen LogP contribution is 2.69. The fourth-order valence-electron chi connectivity index (χ4n) is 3.08. The van der Waals surface area contributed by atoms with Crippen LogP contribution in [0.2, 0.25) is 0 Å². The molecular weight excluding hydrogens is 444 g/mol. The first-order valence-electron chi connectivity index (χ1n) is 10.1. The third kappa shape index (κ3) is 5.68. The zero-order valence-corrected chi connectivity index (χ0v) is 19.5. The minimum atomic E-state index is -3.98. The molecule has 3 aromatic carbocycles. The molecule has 0 saturated carbocycles. The van der Waals surface area contributed by atoms with Crippen molar-refractivity contribution in [1.82, 2.24) is 0 Å². The van der Waals surface area contributed by atoms with Crippen molar-refractivity contribution >= 4 is 26.4 Å². The molecule has 0 heterocycles. The van der Waals surface area contributed by atoms with Gasteiger partial charge in [-0.05, 0) is 60.1 Å². The number of esters is 1. The summed E-state index contributed by atoms with van der Waals surface area (Å²) in [4.78, 5) is 13.9. The molecule has 0 atom stereocenters. The second-order valence-corrected chi connectivity index (χ2v) is 11.7. The van der Waals surface area contributed by atoms with Crippen molar-refractivity contribution in [3.05, 3.63) is 103 Å². The van der Waals surface area contributed by atoms with Gasteiger partial charge in [-0.15, -0.1) is 0 Å². The van der Waals surface area contributed by atoms with E-state index >= 15 is 0 Å². The Bertz CT molecular complexity index is 1050. The largest absolute Gasteiger partial charge is 0.462 e. The molecule has 3 rings (SSSR count). The predicted octanol–water partition coefficient (Wildman–Crippen LogP) is 5.74. The number of benzene rings is 3. The number of carbonyl (C=O) groups is 1. The molecule has 3 aromatic rings. The predicted molar refractivity (Wildman–Crippen MR) is 127 cm³/mol. The van der Waals surface area contributed by atoms with Crippen LogP contribution in [0.1, 0.15) is 13.3 Å². The Morgan fingerprint density at radius 3 is 1.56 bits per heavy atom. The maximum atomic E-state index is 13.2. The lowest BCUT2D eigenvalue weighted by atomic mass is 10.4.